The standard InChI is InChI=1S/C11H16BrNO/c1-8(2)6-9(3)14-11-5-4-10(12)7-13-11/h4-5,7-9H,6H2,1-3H3. The molecule has 2 nitrogen and oxygen atoms in total. The molecule has 0 saturated carbocycles. The summed E-state index contributed by atoms with van der Waals surface area (Å²) in [6.07, 6.45) is 3.03. The number of nitrogens with zero attached hydrogens (tertiary/aromatic N) is 1. The third kappa shape index (κ3) is 4.09. The molecule has 0 amide bonds. The lowest BCUT2D eigenvalue weighted by Gasteiger charge is -2.15. The Hall–Kier alpha value is -0.570. The number of halogens is 1. The Labute approximate surface area is 93.8 Å². The van der Waals surface area contributed by atoms with Gasteiger partial charge in [0.2, 0.25) is 5.88 Å². The number of pyridine rings is 1. The van der Waals surface area contributed by atoms with E-state index in [4.69, 9.17) is 4.74 Å². The van der Waals surface area contributed by atoms with Crippen LogP contribution < -0.4 is 4.74 Å². The Morgan fingerprint density at radius 3 is 2.57 bits per heavy atom. The van der Waals surface area contributed by atoms with Crippen molar-refractivity contribution in [3.63, 3.8) is 0 Å². The average Bonchev–Trinajstić information content (AvgIpc) is 2.07. The van der Waals surface area contributed by atoms with E-state index in [0.29, 0.717) is 11.8 Å². The van der Waals surface area contributed by atoms with Crippen molar-refractivity contribution in [1.82, 2.24) is 4.98 Å². The Morgan fingerprint density at radius 2 is 2.07 bits per heavy atom. The first kappa shape index (κ1) is 11.5. The first-order valence-corrected chi connectivity index (χ1v) is 5.65. The lowest BCUT2D eigenvalue weighted by molar-refractivity contribution is 0.185. The number of aromatic nitrogens is 1. The number of hydrogen-bond donors (Lipinski definition) is 0. The number of rotatable bonds is 4. The van der Waals surface area contributed by atoms with Gasteiger partial charge < -0.3 is 4.74 Å². The summed E-state index contributed by atoms with van der Waals surface area (Å²) in [4.78, 5) is 4.16. The molecule has 14 heavy (non-hydrogen) atoms. The second kappa shape index (κ2) is 5.35. The van der Waals surface area contributed by atoms with Crippen LogP contribution in [-0.4, -0.2) is 11.1 Å². The predicted octanol–water partition coefficient (Wildman–Crippen LogP) is 3.66. The Morgan fingerprint density at radius 1 is 1.36 bits per heavy atom. The fourth-order valence-corrected chi connectivity index (χ4v) is 1.58. The zero-order valence-electron chi connectivity index (χ0n) is 8.83. The third-order valence-corrected chi connectivity index (χ3v) is 2.29. The summed E-state index contributed by atoms with van der Waals surface area (Å²) in [5.74, 6) is 1.35. The summed E-state index contributed by atoms with van der Waals surface area (Å²) in [6, 6.07) is 3.81. The lowest BCUT2D eigenvalue weighted by Crippen LogP contribution is -2.14. The highest BCUT2D eigenvalue weighted by atomic mass is 79.9. The molecule has 0 aromatic carbocycles. The van der Waals surface area contributed by atoms with Gasteiger partial charge >= 0.3 is 0 Å². The highest BCUT2D eigenvalue weighted by Crippen LogP contribution is 2.15. The van der Waals surface area contributed by atoms with Crippen molar-refractivity contribution in [1.29, 1.82) is 0 Å². The summed E-state index contributed by atoms with van der Waals surface area (Å²) in [5, 5.41) is 0. The zero-order valence-corrected chi connectivity index (χ0v) is 10.4. The summed E-state index contributed by atoms with van der Waals surface area (Å²) < 4.78 is 6.62. The Bertz CT molecular complexity index is 271. The molecule has 0 radical (unpaired) electrons. The van der Waals surface area contributed by atoms with Gasteiger partial charge in [0.05, 0.1) is 6.10 Å². The van der Waals surface area contributed by atoms with E-state index in [9.17, 15) is 0 Å². The first-order chi connectivity index (χ1) is 6.58. The molecule has 0 saturated heterocycles. The van der Waals surface area contributed by atoms with Crippen molar-refractivity contribution in [3.8, 4) is 5.88 Å². The summed E-state index contributed by atoms with van der Waals surface area (Å²) in [6.45, 7) is 6.45. The molecule has 1 unspecified atom stereocenters. The second-order valence-corrected chi connectivity index (χ2v) is 4.79. The van der Waals surface area contributed by atoms with Gasteiger partial charge in [0, 0.05) is 16.7 Å². The molecule has 1 heterocycles. The van der Waals surface area contributed by atoms with E-state index >= 15 is 0 Å². The fourth-order valence-electron chi connectivity index (χ4n) is 1.35. The maximum Gasteiger partial charge on any atom is 0.213 e. The van der Waals surface area contributed by atoms with Crippen LogP contribution in [0.5, 0.6) is 5.88 Å². The molecular weight excluding hydrogens is 242 g/mol. The van der Waals surface area contributed by atoms with E-state index in [1.54, 1.807) is 6.20 Å². The largest absolute Gasteiger partial charge is 0.475 e. The molecule has 0 aliphatic carbocycles. The maximum atomic E-state index is 5.65. The van der Waals surface area contributed by atoms with Crippen LogP contribution in [0.3, 0.4) is 0 Å². The molecule has 0 spiro atoms. The molecule has 0 aliphatic heterocycles. The molecule has 0 N–H and O–H groups in total. The number of hydrogen-bond acceptors (Lipinski definition) is 2. The van der Waals surface area contributed by atoms with Gasteiger partial charge in [0.15, 0.2) is 0 Å². The van der Waals surface area contributed by atoms with Gasteiger partial charge in [-0.25, -0.2) is 4.98 Å². The van der Waals surface area contributed by atoms with E-state index in [0.717, 1.165) is 10.9 Å². The smallest absolute Gasteiger partial charge is 0.213 e. The summed E-state index contributed by atoms with van der Waals surface area (Å²) in [7, 11) is 0. The van der Waals surface area contributed by atoms with Crippen molar-refractivity contribution in [2.45, 2.75) is 33.3 Å². The van der Waals surface area contributed by atoms with Gasteiger partial charge in [-0.2, -0.15) is 0 Å². The van der Waals surface area contributed by atoms with Gasteiger partial charge in [0.25, 0.3) is 0 Å². The molecular formula is C11H16BrNO. The highest BCUT2D eigenvalue weighted by Gasteiger charge is 2.06. The zero-order chi connectivity index (χ0) is 10.6. The SMILES string of the molecule is CC(C)CC(C)Oc1ccc(Br)cn1. The molecule has 78 valence electrons. The van der Waals surface area contributed by atoms with Crippen LogP contribution >= 0.6 is 15.9 Å². The molecule has 1 aromatic heterocycles. The maximum absolute atomic E-state index is 5.65. The first-order valence-electron chi connectivity index (χ1n) is 4.86. The minimum absolute atomic E-state index is 0.226. The Kier molecular flexibility index (Phi) is 4.39. The van der Waals surface area contributed by atoms with Crippen LogP contribution in [0.15, 0.2) is 22.8 Å². The van der Waals surface area contributed by atoms with Gasteiger partial charge in [-0.3, -0.25) is 0 Å². The van der Waals surface area contributed by atoms with E-state index in [1.165, 1.54) is 0 Å². The van der Waals surface area contributed by atoms with E-state index in [2.05, 4.69) is 41.7 Å². The molecule has 0 aliphatic rings. The van der Waals surface area contributed by atoms with E-state index in [1.807, 2.05) is 12.1 Å². The van der Waals surface area contributed by atoms with Crippen LogP contribution in [0.4, 0.5) is 0 Å². The summed E-state index contributed by atoms with van der Waals surface area (Å²) in [5.41, 5.74) is 0. The van der Waals surface area contributed by atoms with Crippen LogP contribution in [0.25, 0.3) is 0 Å². The van der Waals surface area contributed by atoms with Gasteiger partial charge in [-0.1, -0.05) is 13.8 Å². The van der Waals surface area contributed by atoms with E-state index < -0.39 is 0 Å². The molecule has 1 atom stereocenters. The minimum Gasteiger partial charge on any atom is -0.475 e. The van der Waals surface area contributed by atoms with Crippen LogP contribution in [0.1, 0.15) is 27.2 Å². The van der Waals surface area contributed by atoms with E-state index in [-0.39, 0.29) is 6.10 Å². The topological polar surface area (TPSA) is 22.1 Å². The molecule has 1 aromatic rings. The van der Waals surface area contributed by atoms with Crippen molar-refractivity contribution < 1.29 is 4.74 Å². The van der Waals surface area contributed by atoms with Crippen molar-refractivity contribution >= 4 is 15.9 Å². The predicted molar refractivity (Wildman–Crippen MR) is 61.5 cm³/mol. The van der Waals surface area contributed by atoms with Crippen LogP contribution in [-0.2, 0) is 0 Å². The Balaban J connectivity index is 2.47. The van der Waals surface area contributed by atoms with Gasteiger partial charge in [-0.15, -0.1) is 0 Å². The normalized spacial score (nSPS) is 12.9. The molecule has 0 fully saturated rings. The highest BCUT2D eigenvalue weighted by molar-refractivity contribution is 9.10. The van der Waals surface area contributed by atoms with Crippen LogP contribution in [0, 0.1) is 5.92 Å². The van der Waals surface area contributed by atoms with Crippen molar-refractivity contribution in [2.24, 2.45) is 5.92 Å². The fraction of sp³-hybridized carbons (Fsp3) is 0.545. The van der Waals surface area contributed by atoms with Gasteiger partial charge in [-0.05, 0) is 41.3 Å². The lowest BCUT2D eigenvalue weighted by atomic mass is 10.1. The molecule has 3 heteroatoms. The summed E-state index contributed by atoms with van der Waals surface area (Å²) >= 11 is 3.33. The number of ether oxygens (including phenoxy) is 1. The van der Waals surface area contributed by atoms with Crippen LogP contribution in [0.2, 0.25) is 0 Å². The average molecular weight is 258 g/mol. The second-order valence-electron chi connectivity index (χ2n) is 3.87. The monoisotopic (exact) mass is 257 g/mol. The van der Waals surface area contributed by atoms with Crippen molar-refractivity contribution in [2.75, 3.05) is 0 Å². The minimum atomic E-state index is 0.226. The molecule has 0 bridgehead atoms. The molecule has 1 rings (SSSR count). The van der Waals surface area contributed by atoms with Crippen molar-refractivity contribution in [3.05, 3.63) is 22.8 Å². The van der Waals surface area contributed by atoms with Gasteiger partial charge in [0.1, 0.15) is 0 Å². The third-order valence-electron chi connectivity index (χ3n) is 1.83. The quantitative estimate of drug-likeness (QED) is 0.822.